The van der Waals surface area contributed by atoms with E-state index in [9.17, 15) is 18.0 Å². The number of H-pyrrole nitrogens is 1. The van der Waals surface area contributed by atoms with Gasteiger partial charge < -0.3 is 9.88 Å². The number of fused-ring (bicyclic) bond motifs is 2. The van der Waals surface area contributed by atoms with E-state index in [-0.39, 0.29) is 17.1 Å². The normalized spacial score (nSPS) is 17.5. The van der Waals surface area contributed by atoms with Gasteiger partial charge in [-0.2, -0.15) is 18.3 Å². The zero-order valence-corrected chi connectivity index (χ0v) is 13.1. The van der Waals surface area contributed by atoms with Gasteiger partial charge in [-0.3, -0.25) is 9.89 Å². The van der Waals surface area contributed by atoms with Gasteiger partial charge in [0, 0.05) is 36.3 Å². The van der Waals surface area contributed by atoms with Crippen LogP contribution in [0.3, 0.4) is 0 Å². The smallest absolute Gasteiger partial charge is 0.351 e. The second-order valence-electron chi connectivity index (χ2n) is 6.19. The highest BCUT2D eigenvalue weighted by atomic mass is 19.4. The Morgan fingerprint density at radius 3 is 2.96 bits per heavy atom. The van der Waals surface area contributed by atoms with E-state index in [2.05, 4.69) is 20.1 Å². The maximum absolute atomic E-state index is 12.9. The van der Waals surface area contributed by atoms with Gasteiger partial charge in [0.1, 0.15) is 0 Å². The molecule has 2 N–H and O–H groups in total. The van der Waals surface area contributed by atoms with Crippen molar-refractivity contribution in [2.24, 2.45) is 0 Å². The molecule has 0 saturated heterocycles. The lowest BCUT2D eigenvalue weighted by Gasteiger charge is -2.25. The highest BCUT2D eigenvalue weighted by Gasteiger charge is 2.31. The summed E-state index contributed by atoms with van der Waals surface area (Å²) < 4.78 is 40.8. The molecule has 0 radical (unpaired) electrons. The molecule has 0 spiro atoms. The van der Waals surface area contributed by atoms with E-state index < -0.39 is 17.6 Å². The van der Waals surface area contributed by atoms with Crippen LogP contribution in [0.2, 0.25) is 0 Å². The van der Waals surface area contributed by atoms with Crippen LogP contribution in [0, 0.1) is 0 Å². The van der Waals surface area contributed by atoms with Crippen LogP contribution in [-0.2, 0) is 19.1 Å². The Labute approximate surface area is 140 Å². The number of carbonyl (C=O) groups is 1. The number of nitrogens with one attached hydrogen (secondary N) is 2. The van der Waals surface area contributed by atoms with Crippen molar-refractivity contribution in [1.82, 2.24) is 20.1 Å². The number of hydrogen-bond acceptors (Lipinski definition) is 2. The van der Waals surface area contributed by atoms with E-state index >= 15 is 0 Å². The molecule has 0 bridgehead atoms. The van der Waals surface area contributed by atoms with Crippen LogP contribution in [0.1, 0.15) is 28.2 Å². The van der Waals surface area contributed by atoms with E-state index in [1.165, 1.54) is 6.07 Å². The summed E-state index contributed by atoms with van der Waals surface area (Å²) in [4.78, 5) is 12.5. The first-order valence-electron chi connectivity index (χ1n) is 7.92. The van der Waals surface area contributed by atoms with Crippen molar-refractivity contribution in [3.63, 3.8) is 0 Å². The lowest BCUT2D eigenvalue weighted by atomic mass is 10.0. The van der Waals surface area contributed by atoms with Gasteiger partial charge in [0.15, 0.2) is 5.69 Å². The van der Waals surface area contributed by atoms with Crippen LogP contribution in [0.5, 0.6) is 0 Å². The van der Waals surface area contributed by atoms with Gasteiger partial charge >= 0.3 is 6.18 Å². The van der Waals surface area contributed by atoms with Gasteiger partial charge in [-0.1, -0.05) is 0 Å². The SMILES string of the molecule is O=C(NC1CCn2cccc2C1)c1n[nH]c2ccc(C(F)(F)F)cc12. The first-order chi connectivity index (χ1) is 11.9. The molecule has 4 rings (SSSR count). The summed E-state index contributed by atoms with van der Waals surface area (Å²) in [6, 6.07) is 7.11. The molecular weight excluding hydrogens is 333 g/mol. The number of rotatable bonds is 2. The topological polar surface area (TPSA) is 62.7 Å². The van der Waals surface area contributed by atoms with Gasteiger partial charge in [-0.15, -0.1) is 0 Å². The highest BCUT2D eigenvalue weighted by molar-refractivity contribution is 6.04. The number of halogens is 3. The average molecular weight is 348 g/mol. The zero-order valence-electron chi connectivity index (χ0n) is 13.1. The Bertz CT molecular complexity index is 941. The quantitative estimate of drug-likeness (QED) is 0.747. The molecule has 3 aromatic rings. The van der Waals surface area contributed by atoms with Gasteiger partial charge in [0.05, 0.1) is 11.1 Å². The predicted octanol–water partition coefficient (Wildman–Crippen LogP) is 3.13. The minimum Gasteiger partial charge on any atom is -0.351 e. The van der Waals surface area contributed by atoms with Crippen molar-refractivity contribution in [3.05, 3.63) is 53.5 Å². The molecule has 130 valence electrons. The van der Waals surface area contributed by atoms with Crippen LogP contribution in [0.4, 0.5) is 13.2 Å². The Morgan fingerprint density at radius 1 is 1.32 bits per heavy atom. The Kier molecular flexibility index (Phi) is 3.55. The molecule has 3 heterocycles. The summed E-state index contributed by atoms with van der Waals surface area (Å²) >= 11 is 0. The maximum atomic E-state index is 12.9. The molecule has 1 atom stereocenters. The van der Waals surface area contributed by atoms with E-state index in [1.54, 1.807) is 0 Å². The molecule has 0 aliphatic carbocycles. The Morgan fingerprint density at radius 2 is 2.16 bits per heavy atom. The molecule has 1 unspecified atom stereocenters. The molecule has 0 fully saturated rings. The monoisotopic (exact) mass is 348 g/mol. The van der Waals surface area contributed by atoms with Crippen molar-refractivity contribution in [1.29, 1.82) is 0 Å². The van der Waals surface area contributed by atoms with Crippen molar-refractivity contribution >= 4 is 16.8 Å². The standard InChI is InChI=1S/C17H15F3N4O/c18-17(19,20)10-3-4-14-13(8-10)15(23-22-14)16(25)21-11-5-7-24-6-1-2-12(24)9-11/h1-4,6,8,11H,5,7,9H2,(H,21,25)(H,22,23). The number of nitrogens with zero attached hydrogens (tertiary/aromatic N) is 2. The second-order valence-corrected chi connectivity index (χ2v) is 6.19. The second kappa shape index (κ2) is 5.65. The zero-order chi connectivity index (χ0) is 17.6. The summed E-state index contributed by atoms with van der Waals surface area (Å²) in [5.41, 5.74) is 0.714. The number of aryl methyl sites for hydroxylation is 1. The van der Waals surface area contributed by atoms with Gasteiger partial charge in [-0.05, 0) is 36.8 Å². The molecule has 8 heteroatoms. The number of carbonyl (C=O) groups excluding carboxylic acids is 1. The third-order valence-corrected chi connectivity index (χ3v) is 4.54. The third kappa shape index (κ3) is 2.88. The molecular formula is C17H15F3N4O. The summed E-state index contributed by atoms with van der Waals surface area (Å²) in [6.07, 6.45) is -1.01. The van der Waals surface area contributed by atoms with Gasteiger partial charge in [-0.25, -0.2) is 0 Å². The molecule has 1 aliphatic heterocycles. The number of benzene rings is 1. The molecule has 1 amide bonds. The third-order valence-electron chi connectivity index (χ3n) is 4.54. The molecule has 25 heavy (non-hydrogen) atoms. The number of amides is 1. The predicted molar refractivity (Wildman–Crippen MR) is 85.1 cm³/mol. The van der Waals surface area contributed by atoms with Crippen LogP contribution < -0.4 is 5.32 Å². The van der Waals surface area contributed by atoms with Gasteiger partial charge in [0.25, 0.3) is 5.91 Å². The lowest BCUT2D eigenvalue weighted by molar-refractivity contribution is -0.137. The number of aromatic nitrogens is 3. The van der Waals surface area contributed by atoms with Crippen molar-refractivity contribution in [2.45, 2.75) is 31.6 Å². The Hall–Kier alpha value is -2.77. The number of aromatic amines is 1. The number of hydrogen-bond donors (Lipinski definition) is 2. The molecule has 1 aliphatic rings. The fourth-order valence-corrected chi connectivity index (χ4v) is 3.24. The first kappa shape index (κ1) is 15.7. The summed E-state index contributed by atoms with van der Waals surface area (Å²) in [6.45, 7) is 0.798. The van der Waals surface area contributed by atoms with Crippen LogP contribution in [-0.4, -0.2) is 26.7 Å². The minimum absolute atomic E-state index is 0.0120. The lowest BCUT2D eigenvalue weighted by Crippen LogP contribution is -2.40. The minimum atomic E-state index is -4.46. The molecule has 1 aromatic carbocycles. The molecule has 5 nitrogen and oxygen atoms in total. The maximum Gasteiger partial charge on any atom is 0.416 e. The van der Waals surface area contributed by atoms with E-state index in [0.29, 0.717) is 11.9 Å². The Balaban J connectivity index is 1.58. The fourth-order valence-electron chi connectivity index (χ4n) is 3.24. The van der Waals surface area contributed by atoms with Gasteiger partial charge in [0.2, 0.25) is 0 Å². The van der Waals surface area contributed by atoms with Crippen LogP contribution in [0.15, 0.2) is 36.5 Å². The molecule has 2 aromatic heterocycles. The van der Waals surface area contributed by atoms with Crippen molar-refractivity contribution in [3.8, 4) is 0 Å². The van der Waals surface area contributed by atoms with Crippen molar-refractivity contribution in [2.75, 3.05) is 0 Å². The highest BCUT2D eigenvalue weighted by Crippen LogP contribution is 2.31. The van der Waals surface area contributed by atoms with E-state index in [4.69, 9.17) is 0 Å². The molecule has 0 saturated carbocycles. The fraction of sp³-hybridized carbons (Fsp3) is 0.294. The summed E-state index contributed by atoms with van der Waals surface area (Å²) in [5, 5.41) is 9.58. The van der Waals surface area contributed by atoms with Crippen molar-refractivity contribution < 1.29 is 18.0 Å². The first-order valence-corrected chi connectivity index (χ1v) is 7.92. The van der Waals surface area contributed by atoms with E-state index in [1.807, 2.05) is 18.3 Å². The largest absolute Gasteiger partial charge is 0.416 e. The summed E-state index contributed by atoms with van der Waals surface area (Å²) in [7, 11) is 0. The van der Waals surface area contributed by atoms with Crippen LogP contribution in [0.25, 0.3) is 10.9 Å². The van der Waals surface area contributed by atoms with Crippen LogP contribution >= 0.6 is 0 Å². The van der Waals surface area contributed by atoms with E-state index in [0.717, 1.165) is 30.8 Å². The number of alkyl halides is 3. The average Bonchev–Trinajstić information content (AvgIpc) is 3.19. The summed E-state index contributed by atoms with van der Waals surface area (Å²) in [5.74, 6) is -0.462.